The minimum absolute atomic E-state index is 0.247. The molecule has 18 heavy (non-hydrogen) atoms. The van der Waals surface area contributed by atoms with Crippen molar-refractivity contribution in [2.45, 2.75) is 6.61 Å². The smallest absolute Gasteiger partial charge is 0.123 e. The molecule has 0 fully saturated rings. The maximum Gasteiger partial charge on any atom is 0.123 e. The van der Waals surface area contributed by atoms with Gasteiger partial charge in [0.2, 0.25) is 0 Å². The van der Waals surface area contributed by atoms with Gasteiger partial charge in [-0.25, -0.2) is 4.39 Å². The predicted molar refractivity (Wildman–Crippen MR) is 72.6 cm³/mol. The molecule has 0 aliphatic rings. The van der Waals surface area contributed by atoms with E-state index in [0.717, 1.165) is 0 Å². The van der Waals surface area contributed by atoms with Crippen molar-refractivity contribution >= 4 is 21.4 Å². The van der Waals surface area contributed by atoms with Crippen LogP contribution < -0.4 is 4.74 Å². The molecule has 0 bridgehead atoms. The van der Waals surface area contributed by atoms with E-state index in [4.69, 9.17) is 4.74 Å². The third kappa shape index (κ3) is 2.22. The van der Waals surface area contributed by atoms with Crippen LogP contribution in [0, 0.1) is 5.82 Å². The summed E-state index contributed by atoms with van der Waals surface area (Å²) in [6, 6.07) is 14.3. The summed E-state index contributed by atoms with van der Waals surface area (Å²) in [7, 11) is 0. The first kappa shape index (κ1) is 11.2. The number of hydrogen-bond acceptors (Lipinski definition) is 2. The molecule has 90 valence electrons. The molecule has 3 aromatic rings. The summed E-state index contributed by atoms with van der Waals surface area (Å²) in [5.41, 5.74) is 1.17. The molecule has 2 aromatic carbocycles. The molecule has 0 spiro atoms. The minimum atomic E-state index is -0.247. The highest BCUT2D eigenvalue weighted by atomic mass is 32.1. The molecule has 1 aromatic heterocycles. The van der Waals surface area contributed by atoms with E-state index < -0.39 is 0 Å². The van der Waals surface area contributed by atoms with Crippen LogP contribution in [0.15, 0.2) is 53.9 Å². The van der Waals surface area contributed by atoms with Crippen LogP contribution in [0.25, 0.3) is 10.1 Å². The van der Waals surface area contributed by atoms with Gasteiger partial charge in [-0.1, -0.05) is 18.2 Å². The number of fused-ring (bicyclic) bond motifs is 1. The first-order valence-electron chi connectivity index (χ1n) is 5.66. The minimum Gasteiger partial charge on any atom is -0.489 e. The lowest BCUT2D eigenvalue weighted by Crippen LogP contribution is -1.94. The molecule has 0 aliphatic carbocycles. The molecule has 0 atom stereocenters. The Hall–Kier alpha value is -1.87. The summed E-state index contributed by atoms with van der Waals surface area (Å²) in [6.45, 7) is 0.510. The number of thiophene rings is 1. The first-order valence-corrected chi connectivity index (χ1v) is 6.54. The van der Waals surface area contributed by atoms with E-state index in [-0.39, 0.29) is 5.82 Å². The van der Waals surface area contributed by atoms with Gasteiger partial charge in [-0.3, -0.25) is 0 Å². The van der Waals surface area contributed by atoms with Gasteiger partial charge in [0.25, 0.3) is 0 Å². The van der Waals surface area contributed by atoms with Crippen molar-refractivity contribution in [3.8, 4) is 5.75 Å². The van der Waals surface area contributed by atoms with Gasteiger partial charge in [0, 0.05) is 10.3 Å². The fourth-order valence-electron chi connectivity index (χ4n) is 1.84. The average Bonchev–Trinajstić information content (AvgIpc) is 2.82. The van der Waals surface area contributed by atoms with Crippen molar-refractivity contribution in [3.63, 3.8) is 0 Å². The highest BCUT2D eigenvalue weighted by Gasteiger charge is 2.04. The third-order valence-electron chi connectivity index (χ3n) is 2.77. The topological polar surface area (TPSA) is 9.23 Å². The van der Waals surface area contributed by atoms with E-state index in [2.05, 4.69) is 17.5 Å². The highest BCUT2D eigenvalue weighted by Crippen LogP contribution is 2.26. The Morgan fingerprint density at radius 1 is 1.00 bits per heavy atom. The Labute approximate surface area is 108 Å². The van der Waals surface area contributed by atoms with Crippen LogP contribution in [0.4, 0.5) is 4.39 Å². The van der Waals surface area contributed by atoms with E-state index in [9.17, 15) is 4.39 Å². The van der Waals surface area contributed by atoms with Gasteiger partial charge >= 0.3 is 0 Å². The molecule has 0 saturated heterocycles. The highest BCUT2D eigenvalue weighted by molar-refractivity contribution is 7.17. The Kier molecular flexibility index (Phi) is 2.99. The van der Waals surface area contributed by atoms with Crippen molar-refractivity contribution in [3.05, 3.63) is 65.3 Å². The number of halogens is 1. The summed E-state index contributed by atoms with van der Waals surface area (Å²) in [5.74, 6) is 0.440. The van der Waals surface area contributed by atoms with Gasteiger partial charge in [0.15, 0.2) is 0 Å². The van der Waals surface area contributed by atoms with E-state index in [1.54, 1.807) is 23.5 Å². The molecular formula is C15H11FOS. The van der Waals surface area contributed by atoms with Crippen LogP contribution >= 0.6 is 11.3 Å². The van der Waals surface area contributed by atoms with Crippen molar-refractivity contribution in [1.82, 2.24) is 0 Å². The van der Waals surface area contributed by atoms with Crippen LogP contribution in [-0.2, 0) is 6.61 Å². The van der Waals surface area contributed by atoms with Gasteiger partial charge in [0.05, 0.1) is 0 Å². The lowest BCUT2D eigenvalue weighted by molar-refractivity contribution is 0.307. The number of ether oxygens (including phenoxy) is 1. The maximum absolute atomic E-state index is 12.8. The van der Waals surface area contributed by atoms with Crippen molar-refractivity contribution < 1.29 is 9.13 Å². The second-order valence-corrected chi connectivity index (χ2v) is 4.91. The average molecular weight is 258 g/mol. The number of rotatable bonds is 3. The summed E-state index contributed by atoms with van der Waals surface area (Å²) < 4.78 is 19.7. The zero-order chi connectivity index (χ0) is 12.4. The van der Waals surface area contributed by atoms with Gasteiger partial charge in [0.1, 0.15) is 18.2 Å². The van der Waals surface area contributed by atoms with Gasteiger partial charge in [-0.05, 0) is 41.1 Å². The fourth-order valence-corrected chi connectivity index (χ4v) is 2.78. The summed E-state index contributed by atoms with van der Waals surface area (Å²) in [5, 5.41) is 3.33. The summed E-state index contributed by atoms with van der Waals surface area (Å²) in [4.78, 5) is 0. The lowest BCUT2D eigenvalue weighted by Gasteiger charge is -2.05. The van der Waals surface area contributed by atoms with E-state index >= 15 is 0 Å². The molecule has 0 radical (unpaired) electrons. The second kappa shape index (κ2) is 4.78. The zero-order valence-electron chi connectivity index (χ0n) is 9.60. The van der Waals surface area contributed by atoms with Gasteiger partial charge in [-0.2, -0.15) is 0 Å². The molecule has 3 heteroatoms. The molecule has 0 amide bonds. The van der Waals surface area contributed by atoms with E-state index in [1.165, 1.54) is 27.8 Å². The van der Waals surface area contributed by atoms with Crippen molar-refractivity contribution in [2.75, 3.05) is 0 Å². The van der Waals surface area contributed by atoms with Gasteiger partial charge < -0.3 is 4.74 Å². The molecule has 0 saturated carbocycles. The molecule has 0 unspecified atom stereocenters. The van der Waals surface area contributed by atoms with Crippen LogP contribution in [0.1, 0.15) is 5.56 Å². The van der Waals surface area contributed by atoms with E-state index in [0.29, 0.717) is 12.4 Å². The molecule has 0 N–H and O–H groups in total. The van der Waals surface area contributed by atoms with E-state index in [1.807, 2.05) is 12.1 Å². The van der Waals surface area contributed by atoms with Crippen molar-refractivity contribution in [2.24, 2.45) is 0 Å². The normalized spacial score (nSPS) is 10.7. The monoisotopic (exact) mass is 258 g/mol. The molecular weight excluding hydrogens is 247 g/mol. The molecule has 1 nitrogen and oxygen atoms in total. The number of hydrogen-bond donors (Lipinski definition) is 0. The van der Waals surface area contributed by atoms with Crippen LogP contribution in [-0.4, -0.2) is 0 Å². The Morgan fingerprint density at radius 2 is 1.78 bits per heavy atom. The third-order valence-corrected chi connectivity index (χ3v) is 3.78. The van der Waals surface area contributed by atoms with Crippen LogP contribution in [0.3, 0.4) is 0 Å². The zero-order valence-corrected chi connectivity index (χ0v) is 10.4. The second-order valence-electron chi connectivity index (χ2n) is 4.00. The predicted octanol–water partition coefficient (Wildman–Crippen LogP) is 4.62. The lowest BCUT2D eigenvalue weighted by atomic mass is 10.2. The van der Waals surface area contributed by atoms with Crippen molar-refractivity contribution in [1.29, 1.82) is 0 Å². The first-order chi connectivity index (χ1) is 8.83. The SMILES string of the molecule is Fc1ccc(OCc2csc3ccccc23)cc1. The largest absolute Gasteiger partial charge is 0.489 e. The fraction of sp³-hybridized carbons (Fsp3) is 0.0667. The summed E-state index contributed by atoms with van der Waals surface area (Å²) in [6.07, 6.45) is 0. The molecule has 1 heterocycles. The quantitative estimate of drug-likeness (QED) is 0.666. The Balaban J connectivity index is 1.79. The number of benzene rings is 2. The Bertz CT molecular complexity index is 658. The maximum atomic E-state index is 12.8. The van der Waals surface area contributed by atoms with Gasteiger partial charge in [-0.15, -0.1) is 11.3 Å². The standard InChI is InChI=1S/C15H11FOS/c16-12-5-7-13(8-6-12)17-9-11-10-18-15-4-2-1-3-14(11)15/h1-8,10H,9H2. The molecule has 0 aliphatic heterocycles. The van der Waals surface area contributed by atoms with Crippen LogP contribution in [0.5, 0.6) is 5.75 Å². The summed E-state index contributed by atoms with van der Waals surface area (Å²) >= 11 is 1.71. The van der Waals surface area contributed by atoms with Crippen LogP contribution in [0.2, 0.25) is 0 Å². The molecule has 3 rings (SSSR count). The Morgan fingerprint density at radius 3 is 2.61 bits per heavy atom.